The molecule has 0 fully saturated rings. The minimum absolute atomic E-state index is 0.0421. The second kappa shape index (κ2) is 8.45. The van der Waals surface area contributed by atoms with Crippen LogP contribution >= 0.6 is 0 Å². The number of phenols is 1. The third-order valence-electron chi connectivity index (χ3n) is 4.81. The topological polar surface area (TPSA) is 100 Å². The van der Waals surface area contributed by atoms with Crippen LogP contribution in [0.5, 0.6) is 17.2 Å². The van der Waals surface area contributed by atoms with Crippen LogP contribution in [-0.4, -0.2) is 41.9 Å². The number of amides is 1. The second-order valence-electron chi connectivity index (χ2n) is 7.78. The third-order valence-corrected chi connectivity index (χ3v) is 4.81. The minimum Gasteiger partial charge on any atom is -0.508 e. The molecule has 0 saturated heterocycles. The zero-order valence-corrected chi connectivity index (χ0v) is 16.9. The Hall–Kier alpha value is -2.91. The maximum absolute atomic E-state index is 14.3. The van der Waals surface area contributed by atoms with Gasteiger partial charge in [-0.05, 0) is 38.0 Å². The number of halogens is 2. The normalized spacial score (nSPS) is 14.5. The molecular formula is C21H24F2N2O5. The fourth-order valence-electron chi connectivity index (χ4n) is 3.34. The van der Waals surface area contributed by atoms with Gasteiger partial charge in [0.1, 0.15) is 17.3 Å². The number of aliphatic hydroxyl groups is 1. The Morgan fingerprint density at radius 1 is 1.27 bits per heavy atom. The van der Waals surface area contributed by atoms with Gasteiger partial charge in [-0.1, -0.05) is 0 Å². The number of carbonyl (C=O) groups excluding carboxylic acids is 1. The molecule has 0 saturated carbocycles. The van der Waals surface area contributed by atoms with E-state index in [1.54, 1.807) is 13.8 Å². The van der Waals surface area contributed by atoms with Gasteiger partial charge < -0.3 is 30.3 Å². The van der Waals surface area contributed by atoms with Crippen LogP contribution in [0.2, 0.25) is 0 Å². The smallest absolute Gasteiger partial charge is 0.262 e. The molecule has 1 aliphatic heterocycles. The summed E-state index contributed by atoms with van der Waals surface area (Å²) in [6, 6.07) is 4.78. The van der Waals surface area contributed by atoms with E-state index in [4.69, 9.17) is 9.47 Å². The fourth-order valence-corrected chi connectivity index (χ4v) is 3.34. The Morgan fingerprint density at radius 3 is 2.70 bits per heavy atom. The molecule has 0 bridgehead atoms. The number of ether oxygens (including phenoxy) is 2. The molecule has 0 radical (unpaired) electrons. The van der Waals surface area contributed by atoms with Crippen LogP contribution in [0.4, 0.5) is 14.5 Å². The summed E-state index contributed by atoms with van der Waals surface area (Å²) in [5, 5.41) is 26.2. The number of aromatic hydroxyl groups is 1. The molecule has 4 N–H and O–H groups in total. The van der Waals surface area contributed by atoms with Crippen LogP contribution in [0.3, 0.4) is 0 Å². The van der Waals surface area contributed by atoms with Gasteiger partial charge in [0.2, 0.25) is 0 Å². The van der Waals surface area contributed by atoms with E-state index in [-0.39, 0.29) is 54.0 Å². The van der Waals surface area contributed by atoms with Gasteiger partial charge in [0, 0.05) is 29.8 Å². The number of methoxy groups -OCH3 is 1. The molecule has 7 nitrogen and oxygen atoms in total. The lowest BCUT2D eigenvalue weighted by Gasteiger charge is -2.29. The Kier molecular flexibility index (Phi) is 6.14. The van der Waals surface area contributed by atoms with E-state index >= 15 is 0 Å². The highest BCUT2D eigenvalue weighted by Crippen LogP contribution is 2.38. The number of hydrogen-bond donors (Lipinski definition) is 4. The second-order valence-corrected chi connectivity index (χ2v) is 7.78. The van der Waals surface area contributed by atoms with E-state index in [1.165, 1.54) is 19.2 Å². The average Bonchev–Trinajstić information content (AvgIpc) is 2.67. The van der Waals surface area contributed by atoms with Crippen LogP contribution in [0.1, 0.15) is 31.1 Å². The Bertz CT molecular complexity index is 965. The van der Waals surface area contributed by atoms with E-state index in [1.807, 2.05) is 0 Å². The summed E-state index contributed by atoms with van der Waals surface area (Å²) in [6.45, 7) is 3.42. The predicted octanol–water partition coefficient (Wildman–Crippen LogP) is 2.65. The third kappa shape index (κ3) is 4.80. The highest BCUT2D eigenvalue weighted by atomic mass is 19.1. The summed E-state index contributed by atoms with van der Waals surface area (Å²) in [7, 11) is 1.26. The zero-order chi connectivity index (χ0) is 22.1. The molecule has 1 heterocycles. The van der Waals surface area contributed by atoms with E-state index in [9.17, 15) is 23.8 Å². The van der Waals surface area contributed by atoms with Crippen LogP contribution in [0, 0.1) is 11.6 Å². The van der Waals surface area contributed by atoms with Crippen LogP contribution in [0.25, 0.3) is 0 Å². The van der Waals surface area contributed by atoms with Crippen molar-refractivity contribution in [2.24, 2.45) is 0 Å². The van der Waals surface area contributed by atoms with Gasteiger partial charge in [-0.25, -0.2) is 8.78 Å². The van der Waals surface area contributed by atoms with Crippen LogP contribution in [-0.2, 0) is 11.2 Å². The predicted molar refractivity (Wildman–Crippen MR) is 106 cm³/mol. The van der Waals surface area contributed by atoms with E-state index in [0.29, 0.717) is 5.56 Å². The maximum Gasteiger partial charge on any atom is 0.262 e. The molecule has 2 aromatic carbocycles. The van der Waals surface area contributed by atoms with Crippen molar-refractivity contribution in [1.29, 1.82) is 0 Å². The van der Waals surface area contributed by atoms with Crippen molar-refractivity contribution in [1.82, 2.24) is 5.32 Å². The monoisotopic (exact) mass is 422 g/mol. The van der Waals surface area contributed by atoms with Gasteiger partial charge in [0.05, 0.1) is 18.9 Å². The molecule has 30 heavy (non-hydrogen) atoms. The first-order valence-electron chi connectivity index (χ1n) is 9.34. The molecule has 1 unspecified atom stereocenters. The number of anilines is 1. The lowest BCUT2D eigenvalue weighted by atomic mass is 9.93. The molecule has 1 aliphatic rings. The SMILES string of the molecule is COc1cc(F)c(CC(C)(C)NCC(O)c2cc(O)cc3c2OCC(=O)N3)cc1F. The fraction of sp³-hybridized carbons (Fsp3) is 0.381. The average molecular weight is 422 g/mol. The summed E-state index contributed by atoms with van der Waals surface area (Å²) >= 11 is 0. The van der Waals surface area contributed by atoms with Gasteiger partial charge in [0.15, 0.2) is 18.2 Å². The lowest BCUT2D eigenvalue weighted by molar-refractivity contribution is -0.118. The number of hydrogen-bond acceptors (Lipinski definition) is 6. The number of β-amino-alcohol motifs (C(OH)–C–C–N with tert-alkyl or cyclic N) is 1. The van der Waals surface area contributed by atoms with Crippen LogP contribution in [0.15, 0.2) is 24.3 Å². The van der Waals surface area contributed by atoms with Crippen molar-refractivity contribution in [3.05, 3.63) is 47.0 Å². The zero-order valence-electron chi connectivity index (χ0n) is 16.9. The number of phenolic OH excluding ortho intramolecular Hbond substituents is 1. The Balaban J connectivity index is 1.72. The molecular weight excluding hydrogens is 398 g/mol. The summed E-state index contributed by atoms with van der Waals surface area (Å²) in [6.07, 6.45) is -0.936. The van der Waals surface area contributed by atoms with Crippen molar-refractivity contribution in [3.8, 4) is 17.2 Å². The number of rotatable bonds is 7. The van der Waals surface area contributed by atoms with Crippen molar-refractivity contribution in [2.75, 3.05) is 25.6 Å². The van der Waals surface area contributed by atoms with E-state index in [2.05, 4.69) is 10.6 Å². The Morgan fingerprint density at radius 2 is 2.00 bits per heavy atom. The van der Waals surface area contributed by atoms with Crippen molar-refractivity contribution < 1.29 is 33.3 Å². The highest BCUT2D eigenvalue weighted by molar-refractivity contribution is 5.96. The largest absolute Gasteiger partial charge is 0.508 e. The molecule has 0 aliphatic carbocycles. The first-order chi connectivity index (χ1) is 14.1. The van der Waals surface area contributed by atoms with Gasteiger partial charge in [-0.3, -0.25) is 4.79 Å². The van der Waals surface area contributed by atoms with E-state index in [0.717, 1.165) is 12.1 Å². The summed E-state index contributed by atoms with van der Waals surface area (Å²) in [4.78, 5) is 11.5. The van der Waals surface area contributed by atoms with Crippen molar-refractivity contribution in [3.63, 3.8) is 0 Å². The molecule has 0 spiro atoms. The van der Waals surface area contributed by atoms with Gasteiger partial charge in [-0.2, -0.15) is 0 Å². The number of benzene rings is 2. The van der Waals surface area contributed by atoms with Crippen molar-refractivity contribution in [2.45, 2.75) is 31.9 Å². The van der Waals surface area contributed by atoms with Gasteiger partial charge in [-0.15, -0.1) is 0 Å². The number of fused-ring (bicyclic) bond motifs is 1. The lowest BCUT2D eigenvalue weighted by Crippen LogP contribution is -2.43. The summed E-state index contributed by atoms with van der Waals surface area (Å²) in [5.41, 5.74) is 0.0424. The number of carbonyl (C=O) groups is 1. The molecule has 162 valence electrons. The molecule has 1 amide bonds. The highest BCUT2D eigenvalue weighted by Gasteiger charge is 2.27. The standard InChI is InChI=1S/C21H24F2N2O5/c1-21(2,8-11-4-15(23)18(29-3)7-14(11)22)24-9-17(27)13-5-12(26)6-16-20(13)30-10-19(28)25-16/h4-7,17,24,26-27H,8-10H2,1-3H3,(H,25,28). The molecule has 1 atom stereocenters. The minimum atomic E-state index is -1.09. The summed E-state index contributed by atoms with van der Waals surface area (Å²) in [5.74, 6) is -1.63. The molecule has 2 aromatic rings. The molecule has 3 rings (SSSR count). The quantitative estimate of drug-likeness (QED) is 0.548. The summed E-state index contributed by atoms with van der Waals surface area (Å²) < 4.78 is 38.4. The molecule has 0 aromatic heterocycles. The first-order valence-corrected chi connectivity index (χ1v) is 9.34. The van der Waals surface area contributed by atoms with Crippen molar-refractivity contribution >= 4 is 11.6 Å². The van der Waals surface area contributed by atoms with Gasteiger partial charge >= 0.3 is 0 Å². The Labute approximate surface area is 172 Å². The number of aliphatic hydroxyl groups excluding tert-OH is 1. The van der Waals surface area contributed by atoms with Crippen LogP contribution < -0.4 is 20.1 Å². The van der Waals surface area contributed by atoms with E-state index < -0.39 is 23.3 Å². The maximum atomic E-state index is 14.3. The first kappa shape index (κ1) is 21.8. The molecule has 9 heteroatoms. The van der Waals surface area contributed by atoms with Gasteiger partial charge in [0.25, 0.3) is 5.91 Å². The number of nitrogens with one attached hydrogen (secondary N) is 2.